The molecule has 10 heteroatoms. The van der Waals surface area contributed by atoms with Gasteiger partial charge >= 0.3 is 5.97 Å². The van der Waals surface area contributed by atoms with E-state index in [2.05, 4.69) is 15.4 Å². The number of halogens is 1. The van der Waals surface area contributed by atoms with Crippen LogP contribution in [0.2, 0.25) is 0 Å². The van der Waals surface area contributed by atoms with Gasteiger partial charge in [0, 0.05) is 13.5 Å². The predicted molar refractivity (Wildman–Crippen MR) is 97.3 cm³/mol. The smallest absolute Gasteiger partial charge is 0.338 e. The van der Waals surface area contributed by atoms with E-state index in [1.165, 1.54) is 11.3 Å². The van der Waals surface area contributed by atoms with E-state index >= 15 is 0 Å². The highest BCUT2D eigenvalue weighted by molar-refractivity contribution is 5.89. The van der Waals surface area contributed by atoms with Crippen LogP contribution in [0.5, 0.6) is 0 Å². The molecule has 0 saturated carbocycles. The standard InChI is InChI=1S/C17H21FN6O3/c1-21-24(15-13(19)14(20)22-9-23-15)16-12(18)7-11(27-16)8-26-17(25)10-5-3-2-4-6-10/h2-6,9,11-12,16,21H,7-8,19H2,1H3,(H2,20,22,23)/t11-,12-,16+/m0/s1. The Hall–Kier alpha value is -2.98. The molecule has 0 bridgehead atoms. The lowest BCUT2D eigenvalue weighted by molar-refractivity contribution is -0.0168. The highest BCUT2D eigenvalue weighted by Crippen LogP contribution is 2.31. The predicted octanol–water partition coefficient (Wildman–Crippen LogP) is 0.892. The fourth-order valence-electron chi connectivity index (χ4n) is 2.81. The second kappa shape index (κ2) is 8.14. The van der Waals surface area contributed by atoms with Crippen LogP contribution in [0.4, 0.5) is 21.7 Å². The quantitative estimate of drug-likeness (QED) is 0.497. The molecule has 1 aromatic heterocycles. The van der Waals surface area contributed by atoms with Gasteiger partial charge in [0.05, 0.1) is 11.7 Å². The van der Waals surface area contributed by atoms with Gasteiger partial charge in [-0.1, -0.05) is 18.2 Å². The van der Waals surface area contributed by atoms with Gasteiger partial charge in [-0.15, -0.1) is 0 Å². The molecule has 144 valence electrons. The van der Waals surface area contributed by atoms with Crippen LogP contribution in [-0.2, 0) is 9.47 Å². The van der Waals surface area contributed by atoms with Crippen molar-refractivity contribution in [3.8, 4) is 0 Å². The maximum Gasteiger partial charge on any atom is 0.338 e. The molecule has 1 fully saturated rings. The summed E-state index contributed by atoms with van der Waals surface area (Å²) in [5.74, 6) is -0.196. The zero-order valence-electron chi connectivity index (χ0n) is 14.7. The number of carbonyl (C=O) groups is 1. The maximum atomic E-state index is 14.6. The van der Waals surface area contributed by atoms with Crippen LogP contribution in [0.25, 0.3) is 0 Å². The van der Waals surface area contributed by atoms with Crippen LogP contribution in [0, 0.1) is 0 Å². The van der Waals surface area contributed by atoms with Crippen LogP contribution in [0.3, 0.4) is 0 Å². The van der Waals surface area contributed by atoms with Gasteiger partial charge in [0.15, 0.2) is 17.9 Å². The largest absolute Gasteiger partial charge is 0.459 e. The lowest BCUT2D eigenvalue weighted by atomic mass is 10.2. The van der Waals surface area contributed by atoms with E-state index in [1.54, 1.807) is 37.4 Å². The second-order valence-electron chi connectivity index (χ2n) is 5.95. The van der Waals surface area contributed by atoms with Gasteiger partial charge < -0.3 is 20.9 Å². The molecule has 0 unspecified atom stereocenters. The van der Waals surface area contributed by atoms with E-state index in [0.717, 1.165) is 0 Å². The molecule has 27 heavy (non-hydrogen) atoms. The van der Waals surface area contributed by atoms with Crippen molar-refractivity contribution in [1.29, 1.82) is 0 Å². The number of hydrazine groups is 1. The van der Waals surface area contributed by atoms with Crippen molar-refractivity contribution < 1.29 is 18.7 Å². The minimum Gasteiger partial charge on any atom is -0.459 e. The number of carbonyl (C=O) groups excluding carboxylic acids is 1. The molecule has 3 atom stereocenters. The summed E-state index contributed by atoms with van der Waals surface area (Å²) in [6, 6.07) is 8.55. The van der Waals surface area contributed by atoms with Crippen LogP contribution >= 0.6 is 0 Å². The fourth-order valence-corrected chi connectivity index (χ4v) is 2.81. The Morgan fingerprint density at radius 2 is 2.11 bits per heavy atom. The molecule has 0 radical (unpaired) electrons. The molecule has 1 saturated heterocycles. The third kappa shape index (κ3) is 4.07. The number of nitrogens with zero attached hydrogens (tertiary/aromatic N) is 3. The number of benzene rings is 1. The molecule has 2 heterocycles. The summed E-state index contributed by atoms with van der Waals surface area (Å²) in [6.07, 6.45) is -1.67. The molecule has 0 spiro atoms. The number of nitrogens with one attached hydrogen (secondary N) is 1. The Balaban J connectivity index is 1.65. The molecular formula is C17H21FN6O3. The first kappa shape index (κ1) is 18.8. The van der Waals surface area contributed by atoms with E-state index < -0.39 is 24.5 Å². The minimum absolute atomic E-state index is 0.0609. The maximum absolute atomic E-state index is 14.6. The van der Waals surface area contributed by atoms with Crippen molar-refractivity contribution in [2.75, 3.05) is 30.1 Å². The van der Waals surface area contributed by atoms with Crippen LogP contribution < -0.4 is 21.9 Å². The van der Waals surface area contributed by atoms with Crippen molar-refractivity contribution in [1.82, 2.24) is 15.4 Å². The van der Waals surface area contributed by atoms with Gasteiger partial charge in [-0.05, 0) is 12.1 Å². The van der Waals surface area contributed by atoms with E-state index in [-0.39, 0.29) is 30.4 Å². The molecule has 3 rings (SSSR count). The number of hydrogen-bond donors (Lipinski definition) is 3. The Morgan fingerprint density at radius 3 is 2.81 bits per heavy atom. The summed E-state index contributed by atoms with van der Waals surface area (Å²) in [6.45, 7) is -0.0659. The number of rotatable bonds is 6. The molecule has 9 nitrogen and oxygen atoms in total. The monoisotopic (exact) mass is 376 g/mol. The van der Waals surface area contributed by atoms with Gasteiger partial charge in [-0.3, -0.25) is 5.01 Å². The van der Waals surface area contributed by atoms with Crippen LogP contribution in [0.1, 0.15) is 16.8 Å². The van der Waals surface area contributed by atoms with Gasteiger partial charge in [-0.25, -0.2) is 24.6 Å². The van der Waals surface area contributed by atoms with E-state index in [4.69, 9.17) is 20.9 Å². The molecule has 1 aliphatic heterocycles. The number of nitrogens with two attached hydrogens (primary N) is 2. The third-order valence-electron chi connectivity index (χ3n) is 4.16. The Labute approximate surface area is 155 Å². The summed E-state index contributed by atoms with van der Waals surface area (Å²) in [5, 5.41) is 1.34. The number of nitrogen functional groups attached to an aromatic ring is 2. The summed E-state index contributed by atoms with van der Waals surface area (Å²) in [5.41, 5.74) is 14.9. The normalized spacial score (nSPS) is 21.8. The summed E-state index contributed by atoms with van der Waals surface area (Å²) in [4.78, 5) is 19.8. The van der Waals surface area contributed by atoms with Crippen molar-refractivity contribution in [3.63, 3.8) is 0 Å². The Morgan fingerprint density at radius 1 is 1.37 bits per heavy atom. The van der Waals surface area contributed by atoms with Gasteiger partial charge in [0.25, 0.3) is 0 Å². The van der Waals surface area contributed by atoms with Gasteiger partial charge in [-0.2, -0.15) is 0 Å². The lowest BCUT2D eigenvalue weighted by Crippen LogP contribution is -2.48. The number of alkyl halides is 1. The molecule has 2 aromatic rings. The van der Waals surface area contributed by atoms with Crippen LogP contribution in [-0.4, -0.2) is 48.1 Å². The summed E-state index contributed by atoms with van der Waals surface area (Å²) >= 11 is 0. The number of esters is 1. The number of hydrogen-bond acceptors (Lipinski definition) is 9. The van der Waals surface area contributed by atoms with E-state index in [0.29, 0.717) is 5.56 Å². The summed E-state index contributed by atoms with van der Waals surface area (Å²) in [7, 11) is 1.58. The topological polar surface area (TPSA) is 129 Å². The van der Waals surface area contributed by atoms with Crippen molar-refractivity contribution in [2.24, 2.45) is 0 Å². The minimum atomic E-state index is -1.35. The number of aromatic nitrogens is 2. The van der Waals surface area contributed by atoms with Crippen LogP contribution in [0.15, 0.2) is 36.7 Å². The lowest BCUT2D eigenvalue weighted by Gasteiger charge is -2.30. The highest BCUT2D eigenvalue weighted by Gasteiger charge is 2.41. The highest BCUT2D eigenvalue weighted by atomic mass is 19.1. The number of ether oxygens (including phenoxy) is 2. The first-order valence-corrected chi connectivity index (χ1v) is 8.35. The molecule has 0 amide bonds. The van der Waals surface area contributed by atoms with Gasteiger partial charge in [0.1, 0.15) is 24.8 Å². The first-order chi connectivity index (χ1) is 13.0. The van der Waals surface area contributed by atoms with Gasteiger partial charge in [0.2, 0.25) is 0 Å². The third-order valence-corrected chi connectivity index (χ3v) is 4.16. The average molecular weight is 376 g/mol. The fraction of sp³-hybridized carbons (Fsp3) is 0.353. The molecule has 1 aliphatic rings. The van der Waals surface area contributed by atoms with E-state index in [1.807, 2.05) is 0 Å². The molecular weight excluding hydrogens is 355 g/mol. The van der Waals surface area contributed by atoms with Crippen molar-refractivity contribution in [3.05, 3.63) is 42.2 Å². The molecule has 1 aromatic carbocycles. The zero-order valence-corrected chi connectivity index (χ0v) is 14.7. The SMILES string of the molecule is CNN(c1ncnc(N)c1N)[C@@H]1O[C@H](COC(=O)c2ccccc2)C[C@@H]1F. The molecule has 0 aliphatic carbocycles. The Kier molecular flexibility index (Phi) is 5.67. The van der Waals surface area contributed by atoms with E-state index in [9.17, 15) is 9.18 Å². The average Bonchev–Trinajstić information content (AvgIpc) is 3.05. The van der Waals surface area contributed by atoms with Crippen molar-refractivity contribution in [2.45, 2.75) is 24.9 Å². The van der Waals surface area contributed by atoms with Crippen molar-refractivity contribution >= 4 is 23.3 Å². The summed E-state index contributed by atoms with van der Waals surface area (Å²) < 4.78 is 25.5. The zero-order chi connectivity index (χ0) is 19.4. The first-order valence-electron chi connectivity index (χ1n) is 8.35. The number of anilines is 3. The second-order valence-corrected chi connectivity index (χ2v) is 5.95. The molecule has 5 N–H and O–H groups in total. The Bertz CT molecular complexity index is 793.